The fourth-order valence-electron chi connectivity index (χ4n) is 3.08. The van der Waals surface area contributed by atoms with Crippen molar-refractivity contribution in [3.63, 3.8) is 0 Å². The Morgan fingerprint density at radius 3 is 1.33 bits per heavy atom. The minimum atomic E-state index is -5.04. The molecule has 10 heteroatoms. The Bertz CT molecular complexity index is 803. The molecule has 0 fully saturated rings. The smallest absolute Gasteiger partial charge is 0.421 e. The zero-order valence-corrected chi connectivity index (χ0v) is 16.7. The van der Waals surface area contributed by atoms with Crippen molar-refractivity contribution in [2.24, 2.45) is 0 Å². The molecule has 166 valence electrons. The lowest BCUT2D eigenvalue weighted by atomic mass is 10.0. The minimum Gasteiger partial charge on any atom is -0.606 e. The van der Waals surface area contributed by atoms with E-state index in [4.69, 9.17) is 0 Å². The standard InChI is InChI=1S/C20H18F8OS/c1-11(21)9-13-5-3-7-15(19(23,24)25)17(13)30(29)18-14(10-12(2)22)6-4-8-16(18)20(26,27)28/h3-8,11-12H,9-10H2,1-2H3. The summed E-state index contributed by atoms with van der Waals surface area (Å²) in [6.07, 6.45) is -14.5. The molecule has 0 aliphatic heterocycles. The van der Waals surface area contributed by atoms with Crippen LogP contribution in [0.25, 0.3) is 0 Å². The van der Waals surface area contributed by atoms with E-state index in [1.54, 1.807) is 0 Å². The topological polar surface area (TPSA) is 23.1 Å². The van der Waals surface area contributed by atoms with Crippen molar-refractivity contribution in [3.8, 4) is 0 Å². The highest BCUT2D eigenvalue weighted by Crippen LogP contribution is 2.43. The molecule has 2 atom stereocenters. The molecule has 0 aromatic heterocycles. The number of hydrogen-bond acceptors (Lipinski definition) is 1. The predicted molar refractivity (Wildman–Crippen MR) is 96.1 cm³/mol. The molecule has 0 N–H and O–H groups in total. The summed E-state index contributed by atoms with van der Waals surface area (Å²) in [4.78, 5) is -1.89. The molecule has 2 unspecified atom stereocenters. The van der Waals surface area contributed by atoms with Crippen LogP contribution in [0.2, 0.25) is 0 Å². The number of halogens is 8. The summed E-state index contributed by atoms with van der Waals surface area (Å²) in [5.74, 6) is 0. The Kier molecular flexibility index (Phi) is 7.45. The van der Waals surface area contributed by atoms with E-state index in [2.05, 4.69) is 0 Å². The number of rotatable bonds is 6. The molecule has 0 saturated carbocycles. The quantitative estimate of drug-likeness (QED) is 0.349. The third kappa shape index (κ3) is 5.66. The molecule has 2 aromatic rings. The van der Waals surface area contributed by atoms with Crippen molar-refractivity contribution in [1.82, 2.24) is 0 Å². The monoisotopic (exact) mass is 458 g/mol. The van der Waals surface area contributed by atoms with Gasteiger partial charge in [0, 0.05) is 35.1 Å². The molecular weight excluding hydrogens is 440 g/mol. The van der Waals surface area contributed by atoms with E-state index in [1.165, 1.54) is 0 Å². The van der Waals surface area contributed by atoms with Gasteiger partial charge in [0.2, 0.25) is 0 Å². The van der Waals surface area contributed by atoms with E-state index >= 15 is 0 Å². The molecular formula is C20H18F8OS. The van der Waals surface area contributed by atoms with E-state index < -0.39 is 69.6 Å². The van der Waals surface area contributed by atoms with E-state index in [9.17, 15) is 39.7 Å². The van der Waals surface area contributed by atoms with Gasteiger partial charge in [-0.25, -0.2) is 8.78 Å². The highest BCUT2D eigenvalue weighted by molar-refractivity contribution is 7.91. The molecule has 2 rings (SSSR count). The van der Waals surface area contributed by atoms with E-state index in [0.717, 1.165) is 38.1 Å². The normalized spacial score (nSPS) is 15.7. The molecule has 0 amide bonds. The maximum absolute atomic E-state index is 13.6. The first-order valence-corrected chi connectivity index (χ1v) is 9.96. The van der Waals surface area contributed by atoms with Gasteiger partial charge in [-0.05, 0) is 26.0 Å². The van der Waals surface area contributed by atoms with Gasteiger partial charge in [0.25, 0.3) is 0 Å². The van der Waals surface area contributed by atoms with Gasteiger partial charge in [-0.1, -0.05) is 24.3 Å². The summed E-state index contributed by atoms with van der Waals surface area (Å²) in [5, 5.41) is 0. The first kappa shape index (κ1) is 24.5. The van der Waals surface area contributed by atoms with E-state index in [-0.39, 0.29) is 11.1 Å². The van der Waals surface area contributed by atoms with Gasteiger partial charge in [-0.3, -0.25) is 0 Å². The molecule has 0 saturated heterocycles. The fraction of sp³-hybridized carbons (Fsp3) is 0.400. The van der Waals surface area contributed by atoms with E-state index in [0.29, 0.717) is 12.1 Å². The zero-order chi connectivity index (χ0) is 22.9. The first-order chi connectivity index (χ1) is 13.7. The lowest BCUT2D eigenvalue weighted by molar-refractivity contribution is -0.140. The van der Waals surface area contributed by atoms with Crippen LogP contribution in [0.15, 0.2) is 46.2 Å². The largest absolute Gasteiger partial charge is 0.606 e. The van der Waals surface area contributed by atoms with Gasteiger partial charge < -0.3 is 4.55 Å². The summed E-state index contributed by atoms with van der Waals surface area (Å²) < 4.78 is 122. The summed E-state index contributed by atoms with van der Waals surface area (Å²) in [6, 6.07) is 5.28. The third-order valence-electron chi connectivity index (χ3n) is 4.18. The molecule has 0 aliphatic rings. The molecule has 2 aromatic carbocycles. The summed E-state index contributed by atoms with van der Waals surface area (Å²) >= 11 is -2.99. The average molecular weight is 458 g/mol. The van der Waals surface area contributed by atoms with Crippen molar-refractivity contribution >= 4 is 11.2 Å². The second-order valence-electron chi connectivity index (χ2n) is 6.82. The Labute approximate surface area is 171 Å². The summed E-state index contributed by atoms with van der Waals surface area (Å²) in [7, 11) is 0. The molecule has 0 bridgehead atoms. The molecule has 0 aliphatic carbocycles. The number of benzene rings is 2. The maximum atomic E-state index is 13.6. The van der Waals surface area contributed by atoms with Crippen molar-refractivity contribution < 1.29 is 39.7 Å². The molecule has 0 radical (unpaired) electrons. The van der Waals surface area contributed by atoms with Gasteiger partial charge in [-0.15, -0.1) is 0 Å². The summed E-state index contributed by atoms with van der Waals surface area (Å²) in [6.45, 7) is 2.12. The SMILES string of the molecule is CC(F)Cc1cccc(C(F)(F)F)c1[S+]([O-])c1c(CC(C)F)cccc1C(F)(F)F. The van der Waals surface area contributed by atoms with Crippen LogP contribution in [0, 0.1) is 0 Å². The highest BCUT2D eigenvalue weighted by Gasteiger charge is 2.44. The lowest BCUT2D eigenvalue weighted by Crippen LogP contribution is -2.22. The predicted octanol–water partition coefficient (Wildman–Crippen LogP) is 6.69. The van der Waals surface area contributed by atoms with Gasteiger partial charge in [0.1, 0.15) is 23.5 Å². The lowest BCUT2D eigenvalue weighted by Gasteiger charge is -2.23. The Balaban J connectivity index is 2.84. The van der Waals surface area contributed by atoms with Crippen LogP contribution in [0.4, 0.5) is 35.1 Å². The molecule has 0 heterocycles. The number of alkyl halides is 8. The second kappa shape index (κ2) is 9.13. The molecule has 0 spiro atoms. The van der Waals surface area contributed by atoms with Crippen LogP contribution in [0.3, 0.4) is 0 Å². The van der Waals surface area contributed by atoms with Crippen molar-refractivity contribution in [1.29, 1.82) is 0 Å². The Morgan fingerprint density at radius 2 is 1.07 bits per heavy atom. The second-order valence-corrected chi connectivity index (χ2v) is 8.18. The van der Waals surface area contributed by atoms with E-state index in [1.807, 2.05) is 0 Å². The highest BCUT2D eigenvalue weighted by atomic mass is 32.2. The molecule has 30 heavy (non-hydrogen) atoms. The minimum absolute atomic E-state index is 0.325. The van der Waals surface area contributed by atoms with Crippen LogP contribution in [0.1, 0.15) is 36.1 Å². The van der Waals surface area contributed by atoms with Crippen molar-refractivity contribution in [2.75, 3.05) is 0 Å². The van der Waals surface area contributed by atoms with Crippen LogP contribution in [-0.2, 0) is 36.4 Å². The Morgan fingerprint density at radius 1 is 0.733 bits per heavy atom. The van der Waals surface area contributed by atoms with Gasteiger partial charge in [0.05, 0.1) is 0 Å². The zero-order valence-electron chi connectivity index (χ0n) is 15.9. The summed E-state index contributed by atoms with van der Waals surface area (Å²) in [5.41, 5.74) is -3.49. The maximum Gasteiger partial charge on any atom is 0.421 e. The third-order valence-corrected chi connectivity index (χ3v) is 5.88. The molecule has 1 nitrogen and oxygen atoms in total. The van der Waals surface area contributed by atoms with Crippen LogP contribution in [0.5, 0.6) is 0 Å². The average Bonchev–Trinajstić information content (AvgIpc) is 2.58. The number of hydrogen-bond donors (Lipinski definition) is 0. The van der Waals surface area contributed by atoms with Crippen LogP contribution < -0.4 is 0 Å². The van der Waals surface area contributed by atoms with Gasteiger partial charge in [-0.2, -0.15) is 26.3 Å². The van der Waals surface area contributed by atoms with Crippen LogP contribution in [-0.4, -0.2) is 16.9 Å². The van der Waals surface area contributed by atoms with Crippen molar-refractivity contribution in [3.05, 3.63) is 58.7 Å². The Hall–Kier alpha value is -1.81. The van der Waals surface area contributed by atoms with Crippen molar-refractivity contribution in [2.45, 2.75) is 61.2 Å². The first-order valence-electron chi connectivity index (χ1n) is 8.81. The van der Waals surface area contributed by atoms with Gasteiger partial charge in [0.15, 0.2) is 9.79 Å². The fourth-order valence-corrected chi connectivity index (χ4v) is 4.83. The van der Waals surface area contributed by atoms with Gasteiger partial charge >= 0.3 is 12.4 Å². The van der Waals surface area contributed by atoms with Crippen LogP contribution >= 0.6 is 0 Å².